The standard InChI is InChI=1S/C23H27N3O2.ClH/c1-15-7-8-20(25-23(28)17-5-3-2-4-6-17)14-21(15)26-22(27)13-16-11-18-9-10-19(12-16)24-18;/h2-8,14,16,18-19,24H,9-13H2,1H3,(H,25,28)(H,26,27);1H. The van der Waals surface area contributed by atoms with Crippen molar-refractivity contribution in [2.45, 2.75) is 51.1 Å². The van der Waals surface area contributed by atoms with E-state index in [1.165, 1.54) is 12.8 Å². The van der Waals surface area contributed by atoms with E-state index in [4.69, 9.17) is 0 Å². The summed E-state index contributed by atoms with van der Waals surface area (Å²) >= 11 is 0. The van der Waals surface area contributed by atoms with Crippen LogP contribution in [0.4, 0.5) is 11.4 Å². The minimum absolute atomic E-state index is 0. The van der Waals surface area contributed by atoms with Gasteiger partial charge in [-0.25, -0.2) is 0 Å². The zero-order chi connectivity index (χ0) is 19.5. The highest BCUT2D eigenvalue weighted by Gasteiger charge is 2.34. The van der Waals surface area contributed by atoms with Crippen molar-refractivity contribution in [3.05, 3.63) is 59.7 Å². The topological polar surface area (TPSA) is 70.2 Å². The van der Waals surface area contributed by atoms with Gasteiger partial charge in [0.25, 0.3) is 5.91 Å². The maximum atomic E-state index is 12.6. The van der Waals surface area contributed by atoms with Gasteiger partial charge in [0.2, 0.25) is 5.91 Å². The molecule has 2 heterocycles. The summed E-state index contributed by atoms with van der Waals surface area (Å²) in [5, 5.41) is 9.57. The third kappa shape index (κ3) is 5.37. The molecule has 2 saturated heterocycles. The first-order valence-corrected chi connectivity index (χ1v) is 10.1. The van der Waals surface area contributed by atoms with Gasteiger partial charge >= 0.3 is 0 Å². The van der Waals surface area contributed by atoms with E-state index >= 15 is 0 Å². The molecule has 0 spiro atoms. The largest absolute Gasteiger partial charge is 0.326 e. The Bertz CT molecular complexity index is 860. The third-order valence-corrected chi connectivity index (χ3v) is 5.85. The summed E-state index contributed by atoms with van der Waals surface area (Å²) in [5.74, 6) is 0.355. The van der Waals surface area contributed by atoms with Gasteiger partial charge in [-0.05, 0) is 68.4 Å². The predicted octanol–water partition coefficient (Wildman–Crippen LogP) is 4.53. The molecule has 0 saturated carbocycles. The van der Waals surface area contributed by atoms with Gasteiger partial charge in [-0.15, -0.1) is 12.4 Å². The van der Waals surface area contributed by atoms with Gasteiger partial charge in [-0.2, -0.15) is 0 Å². The van der Waals surface area contributed by atoms with Crippen LogP contribution in [-0.2, 0) is 4.79 Å². The first-order valence-electron chi connectivity index (χ1n) is 10.1. The van der Waals surface area contributed by atoms with Crippen LogP contribution in [0.1, 0.15) is 48.0 Å². The second-order valence-electron chi connectivity index (χ2n) is 8.08. The summed E-state index contributed by atoms with van der Waals surface area (Å²) < 4.78 is 0. The minimum Gasteiger partial charge on any atom is -0.326 e. The van der Waals surface area contributed by atoms with E-state index in [0.29, 0.717) is 35.7 Å². The predicted molar refractivity (Wildman–Crippen MR) is 119 cm³/mol. The Balaban J connectivity index is 0.00000240. The van der Waals surface area contributed by atoms with Crippen LogP contribution in [0, 0.1) is 12.8 Å². The number of fused-ring (bicyclic) bond motifs is 2. The lowest BCUT2D eigenvalue weighted by atomic mass is 9.89. The fourth-order valence-electron chi connectivity index (χ4n) is 4.43. The number of hydrogen-bond donors (Lipinski definition) is 3. The Morgan fingerprint density at radius 2 is 1.69 bits per heavy atom. The van der Waals surface area contributed by atoms with Crippen molar-refractivity contribution < 1.29 is 9.59 Å². The molecule has 2 bridgehead atoms. The number of carbonyl (C=O) groups excluding carboxylic acids is 2. The molecule has 5 nitrogen and oxygen atoms in total. The molecular weight excluding hydrogens is 386 g/mol. The summed E-state index contributed by atoms with van der Waals surface area (Å²) in [6.45, 7) is 1.96. The molecule has 154 valence electrons. The summed E-state index contributed by atoms with van der Waals surface area (Å²) in [7, 11) is 0. The van der Waals surface area contributed by atoms with Crippen molar-refractivity contribution >= 4 is 35.6 Å². The van der Waals surface area contributed by atoms with Gasteiger partial charge in [0.1, 0.15) is 0 Å². The monoisotopic (exact) mass is 413 g/mol. The van der Waals surface area contributed by atoms with Crippen LogP contribution in [0.25, 0.3) is 0 Å². The lowest BCUT2D eigenvalue weighted by Gasteiger charge is -2.28. The van der Waals surface area contributed by atoms with Crippen molar-refractivity contribution in [2.75, 3.05) is 10.6 Å². The summed E-state index contributed by atoms with van der Waals surface area (Å²) in [5.41, 5.74) is 3.02. The fourth-order valence-corrected chi connectivity index (χ4v) is 4.43. The summed E-state index contributed by atoms with van der Waals surface area (Å²) in [4.78, 5) is 25.0. The molecule has 2 atom stereocenters. The molecule has 2 fully saturated rings. The van der Waals surface area contributed by atoms with Gasteiger partial charge in [-0.1, -0.05) is 24.3 Å². The number of anilines is 2. The lowest BCUT2D eigenvalue weighted by Crippen LogP contribution is -2.39. The van der Waals surface area contributed by atoms with Gasteiger partial charge in [0.05, 0.1) is 0 Å². The average molecular weight is 414 g/mol. The number of halogens is 1. The molecule has 2 unspecified atom stereocenters. The Hall–Kier alpha value is -2.37. The quantitative estimate of drug-likeness (QED) is 0.674. The van der Waals surface area contributed by atoms with Gasteiger partial charge in [-0.3, -0.25) is 9.59 Å². The molecule has 2 aliphatic heterocycles. The molecule has 29 heavy (non-hydrogen) atoms. The molecule has 2 aliphatic rings. The minimum atomic E-state index is -0.160. The average Bonchev–Trinajstić information content (AvgIpc) is 3.03. The lowest BCUT2D eigenvalue weighted by molar-refractivity contribution is -0.117. The number of carbonyl (C=O) groups is 2. The highest BCUT2D eigenvalue weighted by atomic mass is 35.5. The third-order valence-electron chi connectivity index (χ3n) is 5.85. The second-order valence-corrected chi connectivity index (χ2v) is 8.08. The molecule has 2 amide bonds. The number of rotatable bonds is 5. The first kappa shape index (κ1) is 21.3. The van der Waals surface area contributed by atoms with E-state index in [-0.39, 0.29) is 24.2 Å². The van der Waals surface area contributed by atoms with Crippen LogP contribution in [0.2, 0.25) is 0 Å². The Labute approximate surface area is 178 Å². The normalized spacial score (nSPS) is 22.4. The molecule has 2 aromatic carbocycles. The SMILES string of the molecule is Cc1ccc(NC(=O)c2ccccc2)cc1NC(=O)CC1CC2CCC(C1)N2.Cl. The van der Waals surface area contributed by atoms with Gasteiger partial charge in [0.15, 0.2) is 0 Å². The number of nitrogens with one attached hydrogen (secondary N) is 3. The van der Waals surface area contributed by atoms with Crippen molar-refractivity contribution in [1.82, 2.24) is 5.32 Å². The van der Waals surface area contributed by atoms with Crippen molar-refractivity contribution in [2.24, 2.45) is 5.92 Å². The van der Waals surface area contributed by atoms with Crippen LogP contribution >= 0.6 is 12.4 Å². The van der Waals surface area contributed by atoms with Crippen LogP contribution in [-0.4, -0.2) is 23.9 Å². The molecular formula is C23H28ClN3O2. The maximum absolute atomic E-state index is 12.6. The second kappa shape index (κ2) is 9.42. The summed E-state index contributed by atoms with van der Waals surface area (Å²) in [6.07, 6.45) is 5.23. The van der Waals surface area contributed by atoms with E-state index in [0.717, 1.165) is 24.1 Å². The van der Waals surface area contributed by atoms with Crippen LogP contribution in [0.3, 0.4) is 0 Å². The molecule has 0 aromatic heterocycles. The van der Waals surface area contributed by atoms with Crippen LogP contribution in [0.15, 0.2) is 48.5 Å². The van der Waals surface area contributed by atoms with E-state index in [9.17, 15) is 9.59 Å². The Morgan fingerprint density at radius 3 is 2.38 bits per heavy atom. The van der Waals surface area contributed by atoms with E-state index in [1.807, 2.05) is 43.3 Å². The number of hydrogen-bond acceptors (Lipinski definition) is 3. The summed E-state index contributed by atoms with van der Waals surface area (Å²) in [6, 6.07) is 15.9. The van der Waals surface area contributed by atoms with Crippen molar-refractivity contribution in [1.29, 1.82) is 0 Å². The molecule has 0 aliphatic carbocycles. The Kier molecular flexibility index (Phi) is 6.93. The highest BCUT2D eigenvalue weighted by Crippen LogP contribution is 2.33. The number of amides is 2. The molecule has 6 heteroatoms. The van der Waals surface area contributed by atoms with Gasteiger partial charge < -0.3 is 16.0 Å². The van der Waals surface area contributed by atoms with E-state index in [1.54, 1.807) is 12.1 Å². The number of benzene rings is 2. The van der Waals surface area contributed by atoms with Crippen LogP contribution in [0.5, 0.6) is 0 Å². The maximum Gasteiger partial charge on any atom is 0.255 e. The molecule has 4 rings (SSSR count). The Morgan fingerprint density at radius 1 is 1.00 bits per heavy atom. The fraction of sp³-hybridized carbons (Fsp3) is 0.391. The molecule has 2 aromatic rings. The molecule has 0 radical (unpaired) electrons. The zero-order valence-corrected chi connectivity index (χ0v) is 17.4. The number of aryl methyl sites for hydroxylation is 1. The van der Waals surface area contributed by atoms with Crippen LogP contribution < -0.4 is 16.0 Å². The van der Waals surface area contributed by atoms with Gasteiger partial charge in [0, 0.05) is 35.4 Å². The first-order chi connectivity index (χ1) is 13.6. The van der Waals surface area contributed by atoms with E-state index in [2.05, 4.69) is 16.0 Å². The smallest absolute Gasteiger partial charge is 0.255 e. The van der Waals surface area contributed by atoms with Crippen molar-refractivity contribution in [3.63, 3.8) is 0 Å². The van der Waals surface area contributed by atoms with E-state index < -0.39 is 0 Å². The molecule has 3 N–H and O–H groups in total. The highest BCUT2D eigenvalue weighted by molar-refractivity contribution is 6.04. The number of piperidine rings is 1. The zero-order valence-electron chi connectivity index (χ0n) is 16.6. The van der Waals surface area contributed by atoms with Crippen molar-refractivity contribution in [3.8, 4) is 0 Å².